The quantitative estimate of drug-likeness (QED) is 0.680. The molecule has 2 nitrogen and oxygen atoms in total. The molecule has 0 aliphatic carbocycles. The highest BCUT2D eigenvalue weighted by atomic mass is 127. The molecule has 0 radical (unpaired) electrons. The first-order valence-electron chi connectivity index (χ1n) is 5.20. The fourth-order valence-corrected chi connectivity index (χ4v) is 3.00. The zero-order chi connectivity index (χ0) is 11.7. The Morgan fingerprint density at radius 3 is 2.59 bits per heavy atom. The highest BCUT2D eigenvalue weighted by Gasteiger charge is 2.04. The first-order chi connectivity index (χ1) is 8.33. The molecule has 0 aliphatic heterocycles. The van der Waals surface area contributed by atoms with Crippen LogP contribution in [0, 0.1) is 3.57 Å². The zero-order valence-electron chi connectivity index (χ0n) is 8.85. The third kappa shape index (κ3) is 2.28. The fourth-order valence-electron chi connectivity index (χ4n) is 1.60. The minimum Gasteiger partial charge on any atom is -0.331 e. The van der Waals surface area contributed by atoms with Gasteiger partial charge in [0.2, 0.25) is 0 Å². The molecule has 0 amide bonds. The van der Waals surface area contributed by atoms with Gasteiger partial charge in [-0.25, -0.2) is 4.98 Å². The normalized spacial score (nSPS) is 10.6. The van der Waals surface area contributed by atoms with Crippen LogP contribution in [-0.2, 0) is 0 Å². The molecule has 4 heteroatoms. The van der Waals surface area contributed by atoms with Crippen LogP contribution < -0.4 is 5.32 Å². The van der Waals surface area contributed by atoms with Crippen LogP contribution in [0.4, 0.5) is 10.8 Å². The molecule has 0 atom stereocenters. The first kappa shape index (κ1) is 11.0. The summed E-state index contributed by atoms with van der Waals surface area (Å²) in [6.07, 6.45) is 0. The molecule has 3 aromatic rings. The summed E-state index contributed by atoms with van der Waals surface area (Å²) in [5.41, 5.74) is 2.15. The average Bonchev–Trinajstić information content (AvgIpc) is 2.74. The maximum atomic E-state index is 4.55. The molecule has 0 bridgehead atoms. The van der Waals surface area contributed by atoms with E-state index < -0.39 is 0 Å². The summed E-state index contributed by atoms with van der Waals surface area (Å²) in [5.74, 6) is 0. The summed E-state index contributed by atoms with van der Waals surface area (Å²) in [5, 5.41) is 4.30. The summed E-state index contributed by atoms with van der Waals surface area (Å²) in [6, 6.07) is 16.4. The van der Waals surface area contributed by atoms with Gasteiger partial charge in [-0.1, -0.05) is 35.6 Å². The van der Waals surface area contributed by atoms with E-state index in [1.165, 1.54) is 8.27 Å². The SMILES string of the molecule is Ic1ccccc1Nc1nc2ccccc2s1. The van der Waals surface area contributed by atoms with Crippen molar-refractivity contribution < 1.29 is 0 Å². The van der Waals surface area contributed by atoms with Gasteiger partial charge < -0.3 is 5.32 Å². The standard InChI is InChI=1S/C13H9IN2S/c14-9-5-1-2-6-10(9)15-13-16-11-7-3-4-8-12(11)17-13/h1-8H,(H,15,16). The van der Waals surface area contributed by atoms with Gasteiger partial charge in [0.05, 0.1) is 15.9 Å². The van der Waals surface area contributed by atoms with Gasteiger partial charge >= 0.3 is 0 Å². The molecule has 0 saturated heterocycles. The Kier molecular flexibility index (Phi) is 2.98. The Hall–Kier alpha value is -1.14. The van der Waals surface area contributed by atoms with E-state index in [0.29, 0.717) is 0 Å². The minimum atomic E-state index is 0.940. The van der Waals surface area contributed by atoms with Crippen LogP contribution in [0.3, 0.4) is 0 Å². The summed E-state index contributed by atoms with van der Waals surface area (Å²) in [4.78, 5) is 4.55. The molecule has 3 rings (SSSR count). The lowest BCUT2D eigenvalue weighted by molar-refractivity contribution is 1.43. The van der Waals surface area contributed by atoms with Crippen LogP contribution in [0.5, 0.6) is 0 Å². The van der Waals surface area contributed by atoms with E-state index in [9.17, 15) is 0 Å². The van der Waals surface area contributed by atoms with Crippen LogP contribution in [0.2, 0.25) is 0 Å². The molecule has 2 aromatic carbocycles. The Labute approximate surface area is 117 Å². The molecule has 17 heavy (non-hydrogen) atoms. The number of para-hydroxylation sites is 2. The minimum absolute atomic E-state index is 0.940. The number of hydrogen-bond donors (Lipinski definition) is 1. The van der Waals surface area contributed by atoms with Gasteiger partial charge in [-0.3, -0.25) is 0 Å². The van der Waals surface area contributed by atoms with Crippen molar-refractivity contribution in [3.05, 3.63) is 52.1 Å². The number of benzene rings is 2. The van der Waals surface area contributed by atoms with Crippen LogP contribution in [0.25, 0.3) is 10.2 Å². The number of hydrogen-bond acceptors (Lipinski definition) is 3. The summed E-state index contributed by atoms with van der Waals surface area (Å²) < 4.78 is 2.41. The number of thiazole rings is 1. The highest BCUT2D eigenvalue weighted by Crippen LogP contribution is 2.29. The molecule has 1 aromatic heterocycles. The van der Waals surface area contributed by atoms with Crippen molar-refractivity contribution in [2.75, 3.05) is 5.32 Å². The third-order valence-corrected chi connectivity index (χ3v) is 4.30. The first-order valence-corrected chi connectivity index (χ1v) is 7.09. The lowest BCUT2D eigenvalue weighted by Gasteiger charge is -2.03. The lowest BCUT2D eigenvalue weighted by Crippen LogP contribution is -1.91. The van der Waals surface area contributed by atoms with E-state index in [4.69, 9.17) is 0 Å². The van der Waals surface area contributed by atoms with Crippen LogP contribution in [0.15, 0.2) is 48.5 Å². The molecule has 0 spiro atoms. The number of nitrogens with zero attached hydrogens (tertiary/aromatic N) is 1. The lowest BCUT2D eigenvalue weighted by atomic mass is 10.3. The van der Waals surface area contributed by atoms with E-state index in [1.807, 2.05) is 30.3 Å². The summed E-state index contributed by atoms with van der Waals surface area (Å²) in [6.45, 7) is 0. The van der Waals surface area contributed by atoms with Gasteiger partial charge in [0, 0.05) is 3.57 Å². The molecule has 0 aliphatic rings. The van der Waals surface area contributed by atoms with Crippen molar-refractivity contribution in [3.8, 4) is 0 Å². The largest absolute Gasteiger partial charge is 0.331 e. The molecule has 84 valence electrons. The summed E-state index contributed by atoms with van der Waals surface area (Å²) in [7, 11) is 0. The second kappa shape index (κ2) is 4.62. The van der Waals surface area contributed by atoms with E-state index in [0.717, 1.165) is 16.3 Å². The number of rotatable bonds is 2. The maximum Gasteiger partial charge on any atom is 0.188 e. The molecule has 1 N–H and O–H groups in total. The molecule has 0 saturated carbocycles. The Balaban J connectivity index is 1.98. The Morgan fingerprint density at radius 1 is 1.00 bits per heavy atom. The third-order valence-electron chi connectivity index (χ3n) is 2.41. The molecule has 1 heterocycles. The van der Waals surface area contributed by atoms with Gasteiger partial charge in [0.1, 0.15) is 0 Å². The van der Waals surface area contributed by atoms with Gasteiger partial charge in [0.15, 0.2) is 5.13 Å². The smallest absolute Gasteiger partial charge is 0.188 e. The average molecular weight is 352 g/mol. The second-order valence-corrected chi connectivity index (χ2v) is 5.78. The zero-order valence-corrected chi connectivity index (χ0v) is 11.8. The number of aromatic nitrogens is 1. The predicted octanol–water partition coefficient (Wildman–Crippen LogP) is 4.64. The van der Waals surface area contributed by atoms with Gasteiger partial charge in [-0.15, -0.1) is 0 Å². The monoisotopic (exact) mass is 352 g/mol. The fraction of sp³-hybridized carbons (Fsp3) is 0. The topological polar surface area (TPSA) is 24.9 Å². The van der Waals surface area contributed by atoms with Crippen molar-refractivity contribution in [2.45, 2.75) is 0 Å². The molecule has 0 fully saturated rings. The Morgan fingerprint density at radius 2 is 1.76 bits per heavy atom. The number of nitrogens with one attached hydrogen (secondary N) is 1. The van der Waals surface area contributed by atoms with Gasteiger partial charge in [0.25, 0.3) is 0 Å². The van der Waals surface area contributed by atoms with Crippen LogP contribution >= 0.6 is 33.9 Å². The molecular formula is C13H9IN2S. The van der Waals surface area contributed by atoms with Crippen molar-refractivity contribution in [1.82, 2.24) is 4.98 Å². The van der Waals surface area contributed by atoms with Crippen molar-refractivity contribution in [3.63, 3.8) is 0 Å². The van der Waals surface area contributed by atoms with Crippen LogP contribution in [-0.4, -0.2) is 4.98 Å². The summed E-state index contributed by atoms with van der Waals surface area (Å²) >= 11 is 4.00. The second-order valence-electron chi connectivity index (χ2n) is 3.59. The van der Waals surface area contributed by atoms with Crippen molar-refractivity contribution >= 4 is 55.0 Å². The molecular weight excluding hydrogens is 343 g/mol. The van der Waals surface area contributed by atoms with E-state index in [1.54, 1.807) is 11.3 Å². The molecule has 0 unspecified atom stereocenters. The van der Waals surface area contributed by atoms with Crippen LogP contribution in [0.1, 0.15) is 0 Å². The van der Waals surface area contributed by atoms with Gasteiger partial charge in [-0.2, -0.15) is 0 Å². The van der Waals surface area contributed by atoms with Gasteiger partial charge in [-0.05, 0) is 46.9 Å². The predicted molar refractivity (Wildman–Crippen MR) is 82.1 cm³/mol. The van der Waals surface area contributed by atoms with Crippen molar-refractivity contribution in [1.29, 1.82) is 0 Å². The number of halogens is 1. The Bertz CT molecular complexity index is 630. The van der Waals surface area contributed by atoms with Crippen molar-refractivity contribution in [2.24, 2.45) is 0 Å². The highest BCUT2D eigenvalue weighted by molar-refractivity contribution is 14.1. The van der Waals surface area contributed by atoms with E-state index in [-0.39, 0.29) is 0 Å². The van der Waals surface area contributed by atoms with E-state index >= 15 is 0 Å². The number of fused-ring (bicyclic) bond motifs is 1. The van der Waals surface area contributed by atoms with E-state index in [2.05, 4.69) is 51.1 Å². The number of anilines is 2. The maximum absolute atomic E-state index is 4.55.